The standard InChI is InChI=1S/C18H26O9/c1-4-15(21)24-9-7-18(14(20)13-19,8-10-25-16(22)5-2)27-12-11-26-17(23)6-3/h4-6,14,19-20H,1-3,7-13H2. The number of carbonyl (C=O) groups excluding carboxylic acids is 3. The average Bonchev–Trinajstić information content (AvgIpc) is 2.69. The first kappa shape index (κ1) is 24.5. The normalized spacial score (nSPS) is 11.8. The monoisotopic (exact) mass is 386 g/mol. The number of hydrogen-bond acceptors (Lipinski definition) is 9. The van der Waals surface area contributed by atoms with Crippen molar-refractivity contribution >= 4 is 17.9 Å². The first-order chi connectivity index (χ1) is 12.8. The number of carbonyl (C=O) groups is 3. The van der Waals surface area contributed by atoms with Crippen molar-refractivity contribution in [2.24, 2.45) is 0 Å². The lowest BCUT2D eigenvalue weighted by atomic mass is 9.89. The number of ether oxygens (including phenoxy) is 4. The lowest BCUT2D eigenvalue weighted by Gasteiger charge is -2.37. The summed E-state index contributed by atoms with van der Waals surface area (Å²) >= 11 is 0. The maximum absolute atomic E-state index is 11.2. The van der Waals surface area contributed by atoms with Crippen molar-refractivity contribution < 1.29 is 43.5 Å². The highest BCUT2D eigenvalue weighted by Crippen LogP contribution is 2.26. The van der Waals surface area contributed by atoms with Crippen LogP contribution in [0.1, 0.15) is 12.8 Å². The molecule has 1 atom stereocenters. The van der Waals surface area contributed by atoms with Crippen molar-refractivity contribution in [3.05, 3.63) is 38.0 Å². The van der Waals surface area contributed by atoms with Gasteiger partial charge in [-0.25, -0.2) is 14.4 Å². The molecule has 0 fully saturated rings. The molecule has 0 saturated heterocycles. The summed E-state index contributed by atoms with van der Waals surface area (Å²) in [6, 6.07) is 0. The fourth-order valence-electron chi connectivity index (χ4n) is 2.08. The first-order valence-electron chi connectivity index (χ1n) is 8.15. The molecule has 0 aromatic heterocycles. The number of aliphatic hydroxyl groups is 2. The summed E-state index contributed by atoms with van der Waals surface area (Å²) in [5, 5.41) is 19.6. The van der Waals surface area contributed by atoms with Gasteiger partial charge in [0.05, 0.1) is 26.4 Å². The molecular weight excluding hydrogens is 360 g/mol. The highest BCUT2D eigenvalue weighted by atomic mass is 16.6. The molecule has 0 bridgehead atoms. The van der Waals surface area contributed by atoms with E-state index in [1.807, 2.05) is 0 Å². The zero-order chi connectivity index (χ0) is 20.7. The quantitative estimate of drug-likeness (QED) is 0.174. The SMILES string of the molecule is C=CC(=O)OCCOC(CCOC(=O)C=C)(CCOC(=O)C=C)C(O)CO. The topological polar surface area (TPSA) is 129 Å². The van der Waals surface area contributed by atoms with E-state index in [2.05, 4.69) is 19.7 Å². The third-order valence-corrected chi connectivity index (χ3v) is 3.54. The zero-order valence-electron chi connectivity index (χ0n) is 15.1. The third kappa shape index (κ3) is 9.69. The molecule has 0 heterocycles. The van der Waals surface area contributed by atoms with Gasteiger partial charge in [0.25, 0.3) is 0 Å². The Morgan fingerprint density at radius 3 is 1.59 bits per heavy atom. The Balaban J connectivity index is 5.06. The molecular formula is C18H26O9. The van der Waals surface area contributed by atoms with Crippen molar-refractivity contribution in [1.29, 1.82) is 0 Å². The molecule has 0 aliphatic carbocycles. The van der Waals surface area contributed by atoms with Gasteiger partial charge < -0.3 is 29.2 Å². The second kappa shape index (κ2) is 13.7. The van der Waals surface area contributed by atoms with Gasteiger partial charge in [-0.05, 0) is 0 Å². The highest BCUT2D eigenvalue weighted by Gasteiger charge is 2.39. The third-order valence-electron chi connectivity index (χ3n) is 3.54. The van der Waals surface area contributed by atoms with E-state index in [1.54, 1.807) is 0 Å². The summed E-state index contributed by atoms with van der Waals surface area (Å²) in [7, 11) is 0. The van der Waals surface area contributed by atoms with Crippen LogP contribution >= 0.6 is 0 Å². The molecule has 9 nitrogen and oxygen atoms in total. The van der Waals surface area contributed by atoms with Crippen LogP contribution in [0.3, 0.4) is 0 Å². The molecule has 2 N–H and O–H groups in total. The van der Waals surface area contributed by atoms with Gasteiger partial charge in [-0.2, -0.15) is 0 Å². The molecule has 0 aliphatic heterocycles. The Labute approximate surface area is 157 Å². The van der Waals surface area contributed by atoms with Crippen molar-refractivity contribution in [3.8, 4) is 0 Å². The van der Waals surface area contributed by atoms with E-state index >= 15 is 0 Å². The molecule has 0 aromatic rings. The van der Waals surface area contributed by atoms with Crippen LogP contribution in [0.15, 0.2) is 38.0 Å². The predicted molar refractivity (Wildman–Crippen MR) is 94.5 cm³/mol. The Morgan fingerprint density at radius 2 is 1.22 bits per heavy atom. The molecule has 0 aliphatic rings. The predicted octanol–water partition coefficient (Wildman–Crippen LogP) is 0.0628. The van der Waals surface area contributed by atoms with Gasteiger partial charge >= 0.3 is 17.9 Å². The van der Waals surface area contributed by atoms with Crippen LogP contribution in [-0.4, -0.2) is 72.9 Å². The zero-order valence-corrected chi connectivity index (χ0v) is 15.1. The molecule has 0 aromatic carbocycles. The second-order valence-corrected chi connectivity index (χ2v) is 5.23. The fraction of sp³-hybridized carbons (Fsp3) is 0.500. The van der Waals surface area contributed by atoms with Crippen LogP contribution in [0.4, 0.5) is 0 Å². The number of rotatable bonds is 15. The number of aliphatic hydroxyl groups excluding tert-OH is 2. The lowest BCUT2D eigenvalue weighted by Crippen LogP contribution is -2.49. The fourth-order valence-corrected chi connectivity index (χ4v) is 2.08. The van der Waals surface area contributed by atoms with Crippen LogP contribution in [-0.2, 0) is 33.3 Å². The molecule has 0 spiro atoms. The number of hydrogen-bond donors (Lipinski definition) is 2. The summed E-state index contributed by atoms with van der Waals surface area (Å²) in [6.45, 7) is 8.59. The van der Waals surface area contributed by atoms with E-state index in [0.29, 0.717) is 0 Å². The van der Waals surface area contributed by atoms with Crippen LogP contribution in [0, 0.1) is 0 Å². The van der Waals surface area contributed by atoms with E-state index in [-0.39, 0.29) is 39.3 Å². The highest BCUT2D eigenvalue weighted by molar-refractivity contribution is 5.81. The Bertz CT molecular complexity index is 501. The average molecular weight is 386 g/mol. The van der Waals surface area contributed by atoms with E-state index in [0.717, 1.165) is 18.2 Å². The Morgan fingerprint density at radius 1 is 0.815 bits per heavy atom. The van der Waals surface area contributed by atoms with Gasteiger partial charge in [-0.3, -0.25) is 0 Å². The van der Waals surface area contributed by atoms with Gasteiger partial charge in [-0.15, -0.1) is 0 Å². The maximum Gasteiger partial charge on any atom is 0.330 e. The van der Waals surface area contributed by atoms with E-state index < -0.39 is 36.2 Å². The van der Waals surface area contributed by atoms with Crippen molar-refractivity contribution in [1.82, 2.24) is 0 Å². The van der Waals surface area contributed by atoms with Crippen LogP contribution in [0.25, 0.3) is 0 Å². The minimum Gasteiger partial charge on any atom is -0.462 e. The molecule has 9 heteroatoms. The second-order valence-electron chi connectivity index (χ2n) is 5.23. The van der Waals surface area contributed by atoms with E-state index in [9.17, 15) is 24.6 Å². The smallest absolute Gasteiger partial charge is 0.330 e. The molecule has 1 unspecified atom stereocenters. The molecule has 0 amide bonds. The van der Waals surface area contributed by atoms with Crippen molar-refractivity contribution in [3.63, 3.8) is 0 Å². The first-order valence-corrected chi connectivity index (χ1v) is 8.15. The van der Waals surface area contributed by atoms with E-state index in [4.69, 9.17) is 18.9 Å². The van der Waals surface area contributed by atoms with Gasteiger partial charge in [0, 0.05) is 31.1 Å². The molecule has 27 heavy (non-hydrogen) atoms. The summed E-state index contributed by atoms with van der Waals surface area (Å²) in [5.41, 5.74) is -1.42. The molecule has 0 radical (unpaired) electrons. The van der Waals surface area contributed by atoms with Crippen molar-refractivity contribution in [2.45, 2.75) is 24.5 Å². The Kier molecular flexibility index (Phi) is 12.4. The summed E-state index contributed by atoms with van der Waals surface area (Å²) in [5.74, 6) is -1.98. The molecule has 152 valence electrons. The van der Waals surface area contributed by atoms with Crippen LogP contribution in [0.5, 0.6) is 0 Å². The van der Waals surface area contributed by atoms with Gasteiger partial charge in [0.15, 0.2) is 0 Å². The largest absolute Gasteiger partial charge is 0.462 e. The van der Waals surface area contributed by atoms with Crippen LogP contribution < -0.4 is 0 Å². The minimum absolute atomic E-state index is 0.0185. The van der Waals surface area contributed by atoms with Gasteiger partial charge in [-0.1, -0.05) is 19.7 Å². The summed E-state index contributed by atoms with van der Waals surface area (Å²) < 4.78 is 20.2. The molecule has 0 saturated carbocycles. The maximum atomic E-state index is 11.2. The van der Waals surface area contributed by atoms with E-state index in [1.165, 1.54) is 0 Å². The van der Waals surface area contributed by atoms with Crippen molar-refractivity contribution in [2.75, 3.05) is 33.0 Å². The number of esters is 3. The van der Waals surface area contributed by atoms with Gasteiger partial charge in [0.1, 0.15) is 18.3 Å². The summed E-state index contributed by atoms with van der Waals surface area (Å²) in [6.07, 6.45) is 1.53. The minimum atomic E-state index is -1.42. The van der Waals surface area contributed by atoms with Crippen LogP contribution in [0.2, 0.25) is 0 Å². The van der Waals surface area contributed by atoms with Gasteiger partial charge in [0.2, 0.25) is 0 Å². The lowest BCUT2D eigenvalue weighted by molar-refractivity contribution is -0.173. The molecule has 0 rings (SSSR count). The Hall–Kier alpha value is -2.49. The summed E-state index contributed by atoms with van der Waals surface area (Å²) in [4.78, 5) is 33.5.